The smallest absolute Gasteiger partial charge is 0.232 e. The Balaban J connectivity index is 1.82. The maximum atomic E-state index is 12.8. The molecule has 0 amide bonds. The summed E-state index contributed by atoms with van der Waals surface area (Å²) < 4.78 is 27.1. The normalized spacial score (nSPS) is 11.7. The number of aromatic nitrogens is 3. The fraction of sp³-hybridized carbons (Fsp3) is 0.150. The van der Waals surface area contributed by atoms with Crippen molar-refractivity contribution in [1.82, 2.24) is 14.6 Å². The van der Waals surface area contributed by atoms with Crippen LogP contribution in [0, 0.1) is 0 Å². The van der Waals surface area contributed by atoms with E-state index in [0.29, 0.717) is 34.0 Å². The Morgan fingerprint density at radius 1 is 1.21 bits per heavy atom. The average Bonchev–Trinajstić information content (AvgIpc) is 3.37. The third-order valence-corrected chi connectivity index (χ3v) is 6.65. The number of carbonyl (C=O) groups is 1. The highest BCUT2D eigenvalue weighted by Gasteiger charge is 2.20. The van der Waals surface area contributed by atoms with Crippen molar-refractivity contribution in [2.75, 3.05) is 17.1 Å². The van der Waals surface area contributed by atoms with Gasteiger partial charge in [0.1, 0.15) is 0 Å². The molecule has 0 aliphatic heterocycles. The van der Waals surface area contributed by atoms with Gasteiger partial charge in [-0.25, -0.2) is 17.9 Å². The predicted octanol–water partition coefficient (Wildman–Crippen LogP) is 3.47. The number of thiophene rings is 1. The van der Waals surface area contributed by atoms with Gasteiger partial charge in [-0.15, -0.1) is 11.3 Å². The van der Waals surface area contributed by atoms with E-state index in [4.69, 9.17) is 0 Å². The van der Waals surface area contributed by atoms with Gasteiger partial charge in [0.15, 0.2) is 5.65 Å². The van der Waals surface area contributed by atoms with Crippen molar-refractivity contribution in [3.8, 4) is 11.3 Å². The van der Waals surface area contributed by atoms with Gasteiger partial charge in [0.25, 0.3) is 0 Å². The van der Waals surface area contributed by atoms with Crippen LogP contribution < -0.4 is 4.31 Å². The Hall–Kier alpha value is -3.04. The van der Waals surface area contributed by atoms with Gasteiger partial charge < -0.3 is 0 Å². The van der Waals surface area contributed by atoms with Crippen molar-refractivity contribution in [2.24, 2.45) is 0 Å². The lowest BCUT2D eigenvalue weighted by molar-refractivity contribution is 0.104. The molecule has 0 saturated heterocycles. The van der Waals surface area contributed by atoms with Gasteiger partial charge in [-0.05, 0) is 36.6 Å². The number of hydrogen-bond acceptors (Lipinski definition) is 6. The van der Waals surface area contributed by atoms with E-state index in [1.54, 1.807) is 48.0 Å². The minimum Gasteiger partial charge on any atom is -0.287 e. The molecular weight excluding hydrogens is 408 g/mol. The molecule has 0 aliphatic carbocycles. The number of anilines is 1. The lowest BCUT2D eigenvalue weighted by Gasteiger charge is -2.21. The van der Waals surface area contributed by atoms with E-state index in [9.17, 15) is 13.2 Å². The van der Waals surface area contributed by atoms with E-state index >= 15 is 0 Å². The Labute approximate surface area is 172 Å². The molecule has 0 spiro atoms. The summed E-state index contributed by atoms with van der Waals surface area (Å²) in [7, 11) is -3.39. The minimum atomic E-state index is -3.39. The summed E-state index contributed by atoms with van der Waals surface area (Å²) in [5.41, 5.74) is 2.94. The van der Waals surface area contributed by atoms with Crippen LogP contribution >= 0.6 is 11.3 Å². The lowest BCUT2D eigenvalue weighted by Crippen LogP contribution is -2.29. The van der Waals surface area contributed by atoms with E-state index in [0.717, 1.165) is 5.56 Å². The molecule has 3 heterocycles. The van der Waals surface area contributed by atoms with Crippen LogP contribution in [0.4, 0.5) is 5.69 Å². The molecule has 0 bridgehead atoms. The van der Waals surface area contributed by atoms with E-state index in [1.807, 2.05) is 17.5 Å². The molecule has 3 aromatic heterocycles. The van der Waals surface area contributed by atoms with Crippen LogP contribution in [0.15, 0.2) is 60.2 Å². The van der Waals surface area contributed by atoms with Crippen molar-refractivity contribution >= 4 is 38.5 Å². The van der Waals surface area contributed by atoms with Crippen LogP contribution in [-0.2, 0) is 10.0 Å². The number of benzene rings is 1. The first kappa shape index (κ1) is 19.3. The van der Waals surface area contributed by atoms with Crippen LogP contribution in [0.25, 0.3) is 16.9 Å². The summed E-state index contributed by atoms with van der Waals surface area (Å²) >= 11 is 1.37. The highest BCUT2D eigenvalue weighted by molar-refractivity contribution is 7.92. The summed E-state index contributed by atoms with van der Waals surface area (Å²) in [6.07, 6.45) is 4.33. The van der Waals surface area contributed by atoms with Crippen molar-refractivity contribution in [1.29, 1.82) is 0 Å². The highest BCUT2D eigenvalue weighted by atomic mass is 32.2. The summed E-state index contributed by atoms with van der Waals surface area (Å²) in [5, 5.41) is 6.23. The van der Waals surface area contributed by atoms with Crippen LogP contribution in [0.1, 0.15) is 22.2 Å². The Kier molecular flexibility index (Phi) is 4.93. The first-order valence-electron chi connectivity index (χ1n) is 8.89. The minimum absolute atomic E-state index is 0.123. The molecule has 0 fully saturated rings. The van der Waals surface area contributed by atoms with E-state index in [2.05, 4.69) is 10.1 Å². The third-order valence-electron chi connectivity index (χ3n) is 4.51. The van der Waals surface area contributed by atoms with E-state index in [-0.39, 0.29) is 5.78 Å². The molecular formula is C20H18N4O3S2. The fourth-order valence-corrected chi connectivity index (χ4v) is 4.88. The van der Waals surface area contributed by atoms with Gasteiger partial charge >= 0.3 is 0 Å². The van der Waals surface area contributed by atoms with Gasteiger partial charge in [0, 0.05) is 18.3 Å². The second kappa shape index (κ2) is 7.41. The monoisotopic (exact) mass is 426 g/mol. The molecule has 148 valence electrons. The van der Waals surface area contributed by atoms with Gasteiger partial charge in [-0.1, -0.05) is 18.2 Å². The molecule has 0 atom stereocenters. The number of hydrogen-bond donors (Lipinski definition) is 0. The van der Waals surface area contributed by atoms with Crippen molar-refractivity contribution in [3.05, 3.63) is 70.7 Å². The van der Waals surface area contributed by atoms with Gasteiger partial charge in [0.2, 0.25) is 15.8 Å². The molecule has 0 N–H and O–H groups in total. The molecule has 7 nitrogen and oxygen atoms in total. The first-order chi connectivity index (χ1) is 13.9. The summed E-state index contributed by atoms with van der Waals surface area (Å²) in [6, 6.07) is 12.6. The van der Waals surface area contributed by atoms with E-state index < -0.39 is 10.0 Å². The highest BCUT2D eigenvalue weighted by Crippen LogP contribution is 2.27. The maximum absolute atomic E-state index is 12.8. The Bertz CT molecular complexity index is 1290. The maximum Gasteiger partial charge on any atom is 0.232 e. The van der Waals surface area contributed by atoms with Crippen LogP contribution in [0.2, 0.25) is 0 Å². The number of ketones is 1. The zero-order valence-corrected chi connectivity index (χ0v) is 17.4. The second-order valence-electron chi connectivity index (χ2n) is 6.41. The van der Waals surface area contributed by atoms with Gasteiger partial charge in [-0.3, -0.25) is 9.10 Å². The molecule has 0 aliphatic rings. The summed E-state index contributed by atoms with van der Waals surface area (Å²) in [4.78, 5) is 17.7. The third kappa shape index (κ3) is 3.54. The van der Waals surface area contributed by atoms with Gasteiger partial charge in [0.05, 0.1) is 34.3 Å². The molecule has 4 rings (SSSR count). The van der Waals surface area contributed by atoms with Crippen LogP contribution in [-0.4, -0.2) is 41.6 Å². The Morgan fingerprint density at radius 3 is 2.72 bits per heavy atom. The van der Waals surface area contributed by atoms with Crippen molar-refractivity contribution < 1.29 is 13.2 Å². The Morgan fingerprint density at radius 2 is 2.03 bits per heavy atom. The SMILES string of the molecule is CCN(c1cccc(-c2ccnc3c(C(=O)c4cccs4)cnn23)c1)S(C)(=O)=O. The van der Waals surface area contributed by atoms with Gasteiger partial charge in [-0.2, -0.15) is 5.10 Å². The number of carbonyl (C=O) groups excluding carboxylic acids is 1. The summed E-state index contributed by atoms with van der Waals surface area (Å²) in [6.45, 7) is 2.11. The zero-order chi connectivity index (χ0) is 20.6. The number of nitrogens with zero attached hydrogens (tertiary/aromatic N) is 4. The van der Waals surface area contributed by atoms with E-state index in [1.165, 1.54) is 28.1 Å². The largest absolute Gasteiger partial charge is 0.287 e. The van der Waals surface area contributed by atoms with Crippen LogP contribution in [0.5, 0.6) is 0 Å². The number of rotatable bonds is 6. The lowest BCUT2D eigenvalue weighted by atomic mass is 10.1. The molecule has 0 saturated carbocycles. The molecule has 29 heavy (non-hydrogen) atoms. The standard InChI is InChI=1S/C20H18N4O3S2/c1-3-23(29(2,26)27)15-7-4-6-14(12-15)17-9-10-21-20-16(13-22-24(17)20)19(25)18-8-5-11-28-18/h4-13H,3H2,1-2H3. The van der Waals surface area contributed by atoms with Crippen LogP contribution in [0.3, 0.4) is 0 Å². The van der Waals surface area contributed by atoms with Crippen molar-refractivity contribution in [2.45, 2.75) is 6.92 Å². The molecule has 9 heteroatoms. The molecule has 0 unspecified atom stereocenters. The molecule has 1 aromatic carbocycles. The average molecular weight is 427 g/mol. The molecule has 4 aromatic rings. The predicted molar refractivity (Wildman–Crippen MR) is 114 cm³/mol. The second-order valence-corrected chi connectivity index (χ2v) is 9.26. The quantitative estimate of drug-likeness (QED) is 0.441. The summed E-state index contributed by atoms with van der Waals surface area (Å²) in [5.74, 6) is -0.123. The topological polar surface area (TPSA) is 84.6 Å². The first-order valence-corrected chi connectivity index (χ1v) is 11.6. The fourth-order valence-electron chi connectivity index (χ4n) is 3.24. The number of sulfonamides is 1. The van der Waals surface area contributed by atoms with Crippen molar-refractivity contribution in [3.63, 3.8) is 0 Å². The zero-order valence-electron chi connectivity index (χ0n) is 15.8. The molecule has 0 radical (unpaired) electrons. The number of fused-ring (bicyclic) bond motifs is 1.